The van der Waals surface area contributed by atoms with E-state index in [-0.39, 0.29) is 12.2 Å². The summed E-state index contributed by atoms with van der Waals surface area (Å²) in [5, 5.41) is 0. The smallest absolute Gasteiger partial charge is 0.410 e. The van der Waals surface area contributed by atoms with Crippen LogP contribution in [0.4, 0.5) is 4.79 Å². The Hall–Kier alpha value is -1.14. The van der Waals surface area contributed by atoms with Gasteiger partial charge in [-0.2, -0.15) is 0 Å². The Bertz CT molecular complexity index is 470. The van der Waals surface area contributed by atoms with Gasteiger partial charge in [-0.1, -0.05) is 6.07 Å². The maximum atomic E-state index is 12.1. The minimum Gasteiger partial charge on any atom is -0.444 e. The lowest BCUT2D eigenvalue weighted by atomic mass is 10.1. The molecule has 1 aliphatic heterocycles. The monoisotopic (exact) mass is 342 g/mol. The van der Waals surface area contributed by atoms with Crippen LogP contribution in [0.15, 0.2) is 22.9 Å². The van der Waals surface area contributed by atoms with E-state index >= 15 is 0 Å². The van der Waals surface area contributed by atoms with Gasteiger partial charge in [-0.15, -0.1) is 0 Å². The Morgan fingerprint density at radius 2 is 2.25 bits per heavy atom. The third-order valence-corrected chi connectivity index (χ3v) is 3.31. The molecule has 0 N–H and O–H groups in total. The van der Waals surface area contributed by atoms with E-state index in [4.69, 9.17) is 9.47 Å². The Kier molecular flexibility index (Phi) is 4.65. The lowest BCUT2D eigenvalue weighted by molar-refractivity contribution is -0.0434. The standard InChI is InChI=1S/C14H19BrN2O3/c1-14(2,3)20-13(18)17-6-7-19-11(9-17)10-4-5-12(15)16-8-10/h4-5,8,11H,6-7,9H2,1-3H3. The van der Waals surface area contributed by atoms with Gasteiger partial charge in [0.15, 0.2) is 0 Å². The lowest BCUT2D eigenvalue weighted by Gasteiger charge is -2.34. The number of hydrogen-bond donors (Lipinski definition) is 0. The normalized spacial score (nSPS) is 19.8. The molecule has 1 aromatic heterocycles. The predicted octanol–water partition coefficient (Wildman–Crippen LogP) is 3.15. The molecule has 0 spiro atoms. The van der Waals surface area contributed by atoms with Gasteiger partial charge < -0.3 is 14.4 Å². The van der Waals surface area contributed by atoms with E-state index in [2.05, 4.69) is 20.9 Å². The first-order valence-electron chi connectivity index (χ1n) is 6.56. The molecule has 1 aliphatic rings. The van der Waals surface area contributed by atoms with E-state index < -0.39 is 5.60 Å². The first-order chi connectivity index (χ1) is 9.35. The lowest BCUT2D eigenvalue weighted by Crippen LogP contribution is -2.44. The highest BCUT2D eigenvalue weighted by Gasteiger charge is 2.28. The van der Waals surface area contributed by atoms with Crippen LogP contribution in [0.25, 0.3) is 0 Å². The van der Waals surface area contributed by atoms with E-state index in [0.717, 1.165) is 10.2 Å². The van der Waals surface area contributed by atoms with Crippen LogP contribution in [0, 0.1) is 0 Å². The number of morpholine rings is 1. The summed E-state index contributed by atoms with van der Waals surface area (Å²) in [4.78, 5) is 17.9. The number of halogens is 1. The molecule has 20 heavy (non-hydrogen) atoms. The Labute approximate surface area is 127 Å². The number of nitrogens with zero attached hydrogens (tertiary/aromatic N) is 2. The van der Waals surface area contributed by atoms with Crippen LogP contribution in [-0.2, 0) is 9.47 Å². The van der Waals surface area contributed by atoms with Crippen molar-refractivity contribution in [1.82, 2.24) is 9.88 Å². The minimum atomic E-state index is -0.482. The molecule has 6 heteroatoms. The summed E-state index contributed by atoms with van der Waals surface area (Å²) >= 11 is 3.30. The van der Waals surface area contributed by atoms with E-state index in [1.165, 1.54) is 0 Å². The molecule has 1 amide bonds. The largest absolute Gasteiger partial charge is 0.444 e. The Balaban J connectivity index is 2.01. The molecule has 0 aromatic carbocycles. The molecule has 1 saturated heterocycles. The van der Waals surface area contributed by atoms with Gasteiger partial charge in [0.2, 0.25) is 0 Å². The van der Waals surface area contributed by atoms with Gasteiger partial charge in [0.1, 0.15) is 16.3 Å². The molecule has 0 bridgehead atoms. The first-order valence-corrected chi connectivity index (χ1v) is 7.35. The SMILES string of the molecule is CC(C)(C)OC(=O)N1CCOC(c2ccc(Br)nc2)C1. The molecule has 5 nitrogen and oxygen atoms in total. The number of ether oxygens (including phenoxy) is 2. The second-order valence-electron chi connectivity index (χ2n) is 5.70. The molecule has 110 valence electrons. The number of amides is 1. The fourth-order valence-electron chi connectivity index (χ4n) is 1.92. The van der Waals surface area contributed by atoms with Crippen molar-refractivity contribution in [2.45, 2.75) is 32.5 Å². The van der Waals surface area contributed by atoms with Crippen molar-refractivity contribution in [2.24, 2.45) is 0 Å². The van der Waals surface area contributed by atoms with Crippen molar-refractivity contribution >= 4 is 22.0 Å². The minimum absolute atomic E-state index is 0.156. The fraction of sp³-hybridized carbons (Fsp3) is 0.571. The second kappa shape index (κ2) is 6.10. The predicted molar refractivity (Wildman–Crippen MR) is 78.4 cm³/mol. The van der Waals surface area contributed by atoms with Gasteiger partial charge in [-0.05, 0) is 42.8 Å². The third kappa shape index (κ3) is 4.18. The van der Waals surface area contributed by atoms with Crippen LogP contribution in [0.5, 0.6) is 0 Å². The summed E-state index contributed by atoms with van der Waals surface area (Å²) in [7, 11) is 0. The van der Waals surface area contributed by atoms with Crippen molar-refractivity contribution in [3.63, 3.8) is 0 Å². The molecule has 2 rings (SSSR count). The average molecular weight is 343 g/mol. The number of pyridine rings is 1. The number of carbonyl (C=O) groups excluding carboxylic acids is 1. The summed E-state index contributed by atoms with van der Waals surface area (Å²) in [5.74, 6) is 0. The molecule has 1 fully saturated rings. The molecular weight excluding hydrogens is 324 g/mol. The van der Waals surface area contributed by atoms with Gasteiger partial charge in [-0.25, -0.2) is 9.78 Å². The molecule has 1 aromatic rings. The highest BCUT2D eigenvalue weighted by Crippen LogP contribution is 2.23. The van der Waals surface area contributed by atoms with Crippen molar-refractivity contribution in [2.75, 3.05) is 19.7 Å². The average Bonchev–Trinajstić information content (AvgIpc) is 2.38. The molecule has 0 radical (unpaired) electrons. The Morgan fingerprint density at radius 1 is 1.50 bits per heavy atom. The van der Waals surface area contributed by atoms with Crippen LogP contribution < -0.4 is 0 Å². The Morgan fingerprint density at radius 3 is 2.85 bits per heavy atom. The molecule has 0 aliphatic carbocycles. The van der Waals surface area contributed by atoms with E-state index in [1.54, 1.807) is 11.1 Å². The summed E-state index contributed by atoms with van der Waals surface area (Å²) in [6.07, 6.45) is 1.31. The van der Waals surface area contributed by atoms with Crippen LogP contribution in [0.2, 0.25) is 0 Å². The number of carbonyl (C=O) groups is 1. The molecule has 0 saturated carbocycles. The quantitative estimate of drug-likeness (QED) is 0.735. The topological polar surface area (TPSA) is 51.7 Å². The zero-order valence-corrected chi connectivity index (χ0v) is 13.5. The highest BCUT2D eigenvalue weighted by atomic mass is 79.9. The van der Waals surface area contributed by atoms with Crippen LogP contribution in [0.3, 0.4) is 0 Å². The zero-order valence-electron chi connectivity index (χ0n) is 11.9. The maximum absolute atomic E-state index is 12.1. The van der Waals surface area contributed by atoms with E-state index in [1.807, 2.05) is 32.9 Å². The number of rotatable bonds is 1. The van der Waals surface area contributed by atoms with Gasteiger partial charge in [0.05, 0.1) is 13.2 Å². The van der Waals surface area contributed by atoms with Gasteiger partial charge >= 0.3 is 6.09 Å². The third-order valence-electron chi connectivity index (χ3n) is 2.84. The zero-order chi connectivity index (χ0) is 14.8. The van der Waals surface area contributed by atoms with Crippen molar-refractivity contribution in [3.8, 4) is 0 Å². The summed E-state index contributed by atoms with van der Waals surface area (Å²) < 4.78 is 11.9. The van der Waals surface area contributed by atoms with Crippen LogP contribution in [0.1, 0.15) is 32.4 Å². The maximum Gasteiger partial charge on any atom is 0.410 e. The molecular formula is C14H19BrN2O3. The highest BCUT2D eigenvalue weighted by molar-refractivity contribution is 9.10. The fourth-order valence-corrected chi connectivity index (χ4v) is 2.16. The van der Waals surface area contributed by atoms with Crippen molar-refractivity contribution in [1.29, 1.82) is 0 Å². The van der Waals surface area contributed by atoms with Crippen molar-refractivity contribution < 1.29 is 14.3 Å². The first kappa shape index (κ1) is 15.3. The molecule has 1 atom stereocenters. The summed E-state index contributed by atoms with van der Waals surface area (Å²) in [6, 6.07) is 3.81. The van der Waals surface area contributed by atoms with Crippen molar-refractivity contribution in [3.05, 3.63) is 28.5 Å². The van der Waals surface area contributed by atoms with Gasteiger partial charge in [0, 0.05) is 18.3 Å². The molecule has 1 unspecified atom stereocenters. The number of hydrogen-bond acceptors (Lipinski definition) is 4. The number of aromatic nitrogens is 1. The summed E-state index contributed by atoms with van der Waals surface area (Å²) in [5.41, 5.74) is 0.478. The summed E-state index contributed by atoms with van der Waals surface area (Å²) in [6.45, 7) is 7.12. The van der Waals surface area contributed by atoms with Gasteiger partial charge in [-0.3, -0.25) is 0 Å². The van der Waals surface area contributed by atoms with E-state index in [9.17, 15) is 4.79 Å². The molecule has 2 heterocycles. The van der Waals surface area contributed by atoms with Crippen LogP contribution >= 0.6 is 15.9 Å². The van der Waals surface area contributed by atoms with Crippen LogP contribution in [-0.4, -0.2) is 41.3 Å². The van der Waals surface area contributed by atoms with E-state index in [0.29, 0.717) is 19.7 Å². The second-order valence-corrected chi connectivity index (χ2v) is 6.51. The van der Waals surface area contributed by atoms with Gasteiger partial charge in [0.25, 0.3) is 0 Å².